The summed E-state index contributed by atoms with van der Waals surface area (Å²) in [6.07, 6.45) is 7.78. The second-order valence-electron chi connectivity index (χ2n) is 5.51. The molecule has 0 unspecified atom stereocenters. The van der Waals surface area contributed by atoms with Gasteiger partial charge < -0.3 is 13.8 Å². The molecule has 23 heavy (non-hydrogen) atoms. The Kier molecular flexibility index (Phi) is 4.38. The number of aromatic amines is 1. The summed E-state index contributed by atoms with van der Waals surface area (Å²) in [4.78, 5) is 25.7. The molecule has 3 aromatic rings. The van der Waals surface area contributed by atoms with Crippen LogP contribution in [-0.2, 0) is 19.6 Å². The van der Waals surface area contributed by atoms with Crippen molar-refractivity contribution in [3.63, 3.8) is 0 Å². The van der Waals surface area contributed by atoms with Crippen molar-refractivity contribution in [1.29, 1.82) is 0 Å². The van der Waals surface area contributed by atoms with E-state index in [1.807, 2.05) is 6.92 Å². The number of aryl methyl sites for hydroxylation is 1. The third-order valence-electron chi connectivity index (χ3n) is 3.73. The van der Waals surface area contributed by atoms with Gasteiger partial charge in [0.1, 0.15) is 12.5 Å². The number of nitrogens with one attached hydrogen (secondary N) is 1. The van der Waals surface area contributed by atoms with Crippen molar-refractivity contribution in [3.05, 3.63) is 69.9 Å². The summed E-state index contributed by atoms with van der Waals surface area (Å²) in [5, 5.41) is 0. The summed E-state index contributed by atoms with van der Waals surface area (Å²) in [6, 6.07) is 0. The molecule has 0 bridgehead atoms. The number of hydrogen-bond acceptors (Lipinski definition) is 6. The predicted octanol–water partition coefficient (Wildman–Crippen LogP) is 2.17. The highest BCUT2D eigenvalue weighted by Crippen LogP contribution is 2.12. The maximum atomic E-state index is 12.1. The summed E-state index contributed by atoms with van der Waals surface area (Å²) in [5.41, 5.74) is 4.04. The van der Waals surface area contributed by atoms with Crippen LogP contribution in [0.3, 0.4) is 0 Å². The lowest BCUT2D eigenvalue weighted by Crippen LogP contribution is -2.25. The monoisotopic (exact) mass is 314 g/mol. The van der Waals surface area contributed by atoms with E-state index >= 15 is 0 Å². The van der Waals surface area contributed by atoms with Crippen molar-refractivity contribution in [1.82, 2.24) is 19.9 Å². The number of H-pyrrole nitrogens is 1. The third kappa shape index (κ3) is 3.57. The summed E-state index contributed by atoms with van der Waals surface area (Å²) in [5.74, 6) is 0. The molecule has 120 valence electrons. The Balaban J connectivity index is 1.83. The van der Waals surface area contributed by atoms with Crippen molar-refractivity contribution in [2.45, 2.75) is 33.5 Å². The minimum Gasteiger partial charge on any atom is -0.451 e. The second-order valence-corrected chi connectivity index (χ2v) is 5.51. The van der Waals surface area contributed by atoms with E-state index in [2.05, 4.69) is 19.9 Å². The zero-order chi connectivity index (χ0) is 16.2. The molecule has 7 nitrogen and oxygen atoms in total. The Bertz CT molecular complexity index is 770. The summed E-state index contributed by atoms with van der Waals surface area (Å²) < 4.78 is 10.1. The summed E-state index contributed by atoms with van der Waals surface area (Å²) in [6.45, 7) is 5.38. The van der Waals surface area contributed by atoms with Crippen molar-refractivity contribution in [2.24, 2.45) is 0 Å². The number of oxazole rings is 2. The van der Waals surface area contributed by atoms with Crippen molar-refractivity contribution >= 4 is 0 Å². The van der Waals surface area contributed by atoms with Crippen LogP contribution < -0.4 is 5.43 Å². The Morgan fingerprint density at radius 3 is 2.17 bits per heavy atom. The van der Waals surface area contributed by atoms with E-state index in [4.69, 9.17) is 8.83 Å². The fourth-order valence-corrected chi connectivity index (χ4v) is 2.45. The van der Waals surface area contributed by atoms with E-state index in [0.717, 1.165) is 22.6 Å². The normalized spacial score (nSPS) is 11.3. The number of pyridine rings is 1. The molecule has 0 aliphatic rings. The lowest BCUT2D eigenvalue weighted by atomic mass is 10.1. The molecule has 0 saturated heterocycles. The van der Waals surface area contributed by atoms with Gasteiger partial charge in [0, 0.05) is 42.7 Å². The van der Waals surface area contributed by atoms with Gasteiger partial charge in [-0.05, 0) is 13.8 Å². The number of nitrogens with zero attached hydrogens (tertiary/aromatic N) is 3. The quantitative estimate of drug-likeness (QED) is 0.750. The first-order valence-electron chi connectivity index (χ1n) is 7.27. The Labute approximate surface area is 133 Å². The molecule has 0 fully saturated rings. The molecular weight excluding hydrogens is 296 g/mol. The summed E-state index contributed by atoms with van der Waals surface area (Å²) in [7, 11) is 0. The highest BCUT2D eigenvalue weighted by atomic mass is 16.3. The van der Waals surface area contributed by atoms with Crippen LogP contribution in [0.1, 0.15) is 28.2 Å². The predicted molar refractivity (Wildman–Crippen MR) is 82.5 cm³/mol. The topological polar surface area (TPSA) is 88.2 Å². The molecule has 0 radical (unpaired) electrons. The number of hydrogen-bond donors (Lipinski definition) is 1. The van der Waals surface area contributed by atoms with Crippen LogP contribution in [0.2, 0.25) is 0 Å². The van der Waals surface area contributed by atoms with Crippen LogP contribution in [-0.4, -0.2) is 19.9 Å². The molecule has 0 atom stereocenters. The largest absolute Gasteiger partial charge is 0.451 e. The zero-order valence-electron chi connectivity index (χ0n) is 13.1. The Morgan fingerprint density at radius 2 is 1.65 bits per heavy atom. The highest BCUT2D eigenvalue weighted by molar-refractivity contribution is 5.23. The number of rotatable bonds is 6. The maximum Gasteiger partial charge on any atom is 0.187 e. The van der Waals surface area contributed by atoms with Crippen LogP contribution >= 0.6 is 0 Å². The van der Waals surface area contributed by atoms with E-state index in [-0.39, 0.29) is 5.43 Å². The maximum absolute atomic E-state index is 12.1. The molecule has 0 aromatic carbocycles. The molecule has 3 heterocycles. The molecular formula is C16H18N4O3. The smallest absolute Gasteiger partial charge is 0.187 e. The average Bonchev–Trinajstić information content (AvgIpc) is 3.22. The van der Waals surface area contributed by atoms with Crippen LogP contribution in [0.5, 0.6) is 0 Å². The van der Waals surface area contributed by atoms with E-state index in [9.17, 15) is 4.79 Å². The molecule has 3 aromatic heterocycles. The highest BCUT2D eigenvalue weighted by Gasteiger charge is 2.14. The van der Waals surface area contributed by atoms with Gasteiger partial charge in [0.2, 0.25) is 0 Å². The molecule has 0 aliphatic heterocycles. The van der Waals surface area contributed by atoms with Crippen LogP contribution in [0.25, 0.3) is 0 Å². The molecule has 3 rings (SSSR count). The molecule has 0 saturated carbocycles. The second kappa shape index (κ2) is 6.62. The first kappa shape index (κ1) is 15.2. The van der Waals surface area contributed by atoms with Gasteiger partial charge in [0.05, 0.1) is 11.4 Å². The zero-order valence-corrected chi connectivity index (χ0v) is 13.1. The Morgan fingerprint density at radius 1 is 1.04 bits per heavy atom. The first-order chi connectivity index (χ1) is 11.1. The van der Waals surface area contributed by atoms with Gasteiger partial charge in [-0.25, -0.2) is 9.97 Å². The van der Waals surface area contributed by atoms with Gasteiger partial charge in [0.15, 0.2) is 18.2 Å². The molecule has 1 N–H and O–H groups in total. The minimum atomic E-state index is 0.0709. The van der Waals surface area contributed by atoms with Gasteiger partial charge in [-0.2, -0.15) is 0 Å². The van der Waals surface area contributed by atoms with Crippen LogP contribution in [0.4, 0.5) is 0 Å². The molecule has 0 aliphatic carbocycles. The van der Waals surface area contributed by atoms with Gasteiger partial charge in [-0.3, -0.25) is 9.69 Å². The van der Waals surface area contributed by atoms with E-state index in [1.165, 1.54) is 12.8 Å². The van der Waals surface area contributed by atoms with Crippen LogP contribution in [0.15, 0.2) is 45.1 Å². The van der Waals surface area contributed by atoms with E-state index < -0.39 is 0 Å². The lowest BCUT2D eigenvalue weighted by Gasteiger charge is -2.21. The van der Waals surface area contributed by atoms with Gasteiger partial charge >= 0.3 is 0 Å². The molecule has 0 spiro atoms. The third-order valence-corrected chi connectivity index (χ3v) is 3.73. The SMILES string of the molecule is Cc1c[nH]c(CN(Cc2cocn2)Cc2cocn2)c(C)c1=O. The van der Waals surface area contributed by atoms with Gasteiger partial charge in [-0.1, -0.05) is 0 Å². The average molecular weight is 314 g/mol. The van der Waals surface area contributed by atoms with Crippen LogP contribution in [0, 0.1) is 13.8 Å². The standard InChI is InChI=1S/C16H18N4O3/c1-11-3-17-15(12(2)16(11)21)6-20(4-13-7-22-9-18-13)5-14-8-23-10-19-14/h3,7-10H,4-6H2,1-2H3,(H,17,21). The van der Waals surface area contributed by atoms with Crippen molar-refractivity contribution in [3.8, 4) is 0 Å². The Hall–Kier alpha value is -2.67. The van der Waals surface area contributed by atoms with Crippen molar-refractivity contribution in [2.75, 3.05) is 0 Å². The minimum absolute atomic E-state index is 0.0709. The van der Waals surface area contributed by atoms with Crippen molar-refractivity contribution < 1.29 is 8.83 Å². The van der Waals surface area contributed by atoms with E-state index in [0.29, 0.717) is 25.2 Å². The lowest BCUT2D eigenvalue weighted by molar-refractivity contribution is 0.238. The van der Waals surface area contributed by atoms with Gasteiger partial charge in [0.25, 0.3) is 0 Å². The fourth-order valence-electron chi connectivity index (χ4n) is 2.45. The van der Waals surface area contributed by atoms with E-state index in [1.54, 1.807) is 25.6 Å². The summed E-state index contributed by atoms with van der Waals surface area (Å²) >= 11 is 0. The first-order valence-corrected chi connectivity index (χ1v) is 7.27. The molecule has 0 amide bonds. The molecule has 7 heteroatoms. The van der Waals surface area contributed by atoms with Gasteiger partial charge in [-0.15, -0.1) is 0 Å². The fraction of sp³-hybridized carbons (Fsp3) is 0.312. The number of aromatic nitrogens is 3.